The highest BCUT2D eigenvalue weighted by Crippen LogP contribution is 2.21. The number of thiazole rings is 1. The largest absolute Gasteiger partial charge is 0.389 e. The smallest absolute Gasteiger partial charge is 0.225 e. The topological polar surface area (TPSA) is 56.7 Å². The molecule has 0 aliphatic heterocycles. The lowest BCUT2D eigenvalue weighted by Crippen LogP contribution is -2.38. The number of amides is 1. The Bertz CT molecular complexity index is 440. The minimum Gasteiger partial charge on any atom is -0.389 e. The van der Waals surface area contributed by atoms with E-state index in [0.29, 0.717) is 19.6 Å². The Labute approximate surface area is 125 Å². The highest BCUT2D eigenvalue weighted by molar-refractivity contribution is 7.14. The number of aromatic nitrogens is 1. The van der Waals surface area contributed by atoms with Gasteiger partial charge in [-0.2, -0.15) is 0 Å². The van der Waals surface area contributed by atoms with E-state index in [2.05, 4.69) is 16.8 Å². The van der Waals surface area contributed by atoms with Crippen molar-refractivity contribution in [1.29, 1.82) is 0 Å². The SMILES string of the molecule is CCN(Cc1csc(N(CC)C(C)=O)n1)CC(C)(C)O. The molecule has 114 valence electrons. The first kappa shape index (κ1) is 17.1. The molecule has 0 aromatic carbocycles. The Balaban J connectivity index is 2.74. The molecule has 1 N–H and O–H groups in total. The van der Waals surface area contributed by atoms with Crippen LogP contribution in [0.3, 0.4) is 0 Å². The maximum absolute atomic E-state index is 11.5. The molecule has 1 rings (SSSR count). The van der Waals surface area contributed by atoms with E-state index < -0.39 is 5.60 Å². The molecular formula is C14H25N3O2S. The van der Waals surface area contributed by atoms with Gasteiger partial charge in [-0.25, -0.2) is 4.98 Å². The predicted octanol–water partition coefficient (Wildman–Crippen LogP) is 2.11. The Hall–Kier alpha value is -0.980. The lowest BCUT2D eigenvalue weighted by atomic mass is 10.1. The summed E-state index contributed by atoms with van der Waals surface area (Å²) in [5.74, 6) is 0.0113. The number of likely N-dealkylation sites (N-methyl/N-ethyl adjacent to an activating group) is 1. The third kappa shape index (κ3) is 5.19. The van der Waals surface area contributed by atoms with Crippen molar-refractivity contribution >= 4 is 22.4 Å². The molecule has 1 aromatic rings. The summed E-state index contributed by atoms with van der Waals surface area (Å²) in [6.45, 7) is 11.9. The first-order chi connectivity index (χ1) is 9.26. The molecule has 0 saturated heterocycles. The normalized spacial score (nSPS) is 11.9. The van der Waals surface area contributed by atoms with Crippen LogP contribution in [0.5, 0.6) is 0 Å². The highest BCUT2D eigenvalue weighted by Gasteiger charge is 2.19. The molecular weight excluding hydrogens is 274 g/mol. The molecule has 0 unspecified atom stereocenters. The second kappa shape index (κ2) is 7.15. The zero-order chi connectivity index (χ0) is 15.3. The summed E-state index contributed by atoms with van der Waals surface area (Å²) < 4.78 is 0. The van der Waals surface area contributed by atoms with Crippen molar-refractivity contribution in [1.82, 2.24) is 9.88 Å². The molecule has 0 spiro atoms. The van der Waals surface area contributed by atoms with Gasteiger partial charge < -0.3 is 5.11 Å². The van der Waals surface area contributed by atoms with Crippen LogP contribution in [0.4, 0.5) is 5.13 Å². The monoisotopic (exact) mass is 299 g/mol. The van der Waals surface area contributed by atoms with Crippen LogP contribution in [0.2, 0.25) is 0 Å². The molecule has 0 atom stereocenters. The third-order valence-electron chi connectivity index (χ3n) is 2.91. The summed E-state index contributed by atoms with van der Waals surface area (Å²) >= 11 is 1.49. The van der Waals surface area contributed by atoms with Gasteiger partial charge >= 0.3 is 0 Å². The zero-order valence-electron chi connectivity index (χ0n) is 13.0. The van der Waals surface area contributed by atoms with Gasteiger partial charge in [-0.15, -0.1) is 11.3 Å². The summed E-state index contributed by atoms with van der Waals surface area (Å²) in [6, 6.07) is 0. The number of rotatable bonds is 7. The van der Waals surface area contributed by atoms with Crippen LogP contribution < -0.4 is 4.90 Å². The average Bonchev–Trinajstić information content (AvgIpc) is 2.75. The minimum absolute atomic E-state index is 0.0113. The molecule has 1 heterocycles. The fourth-order valence-electron chi connectivity index (χ4n) is 2.04. The van der Waals surface area contributed by atoms with Gasteiger partial charge in [-0.1, -0.05) is 6.92 Å². The number of aliphatic hydroxyl groups is 1. The molecule has 0 radical (unpaired) electrons. The minimum atomic E-state index is -0.719. The molecule has 0 bridgehead atoms. The highest BCUT2D eigenvalue weighted by atomic mass is 32.1. The van der Waals surface area contributed by atoms with Crippen LogP contribution in [0.25, 0.3) is 0 Å². The Morgan fingerprint density at radius 1 is 1.40 bits per heavy atom. The molecule has 1 aromatic heterocycles. The lowest BCUT2D eigenvalue weighted by Gasteiger charge is -2.27. The van der Waals surface area contributed by atoms with Crippen molar-refractivity contribution in [3.8, 4) is 0 Å². The van der Waals surface area contributed by atoms with Crippen LogP contribution in [0.1, 0.15) is 40.3 Å². The van der Waals surface area contributed by atoms with Gasteiger partial charge in [0.25, 0.3) is 0 Å². The van der Waals surface area contributed by atoms with Crippen molar-refractivity contribution in [3.63, 3.8) is 0 Å². The Morgan fingerprint density at radius 3 is 2.50 bits per heavy atom. The summed E-state index contributed by atoms with van der Waals surface area (Å²) in [5, 5.41) is 12.6. The first-order valence-corrected chi connectivity index (χ1v) is 7.82. The van der Waals surface area contributed by atoms with Crippen molar-refractivity contribution in [2.45, 2.75) is 46.8 Å². The predicted molar refractivity (Wildman–Crippen MR) is 83.1 cm³/mol. The Kier molecular flexibility index (Phi) is 6.10. The number of carbonyl (C=O) groups excluding carboxylic acids is 1. The van der Waals surface area contributed by atoms with Gasteiger partial charge in [-0.3, -0.25) is 14.6 Å². The van der Waals surface area contributed by atoms with Crippen molar-refractivity contribution in [3.05, 3.63) is 11.1 Å². The number of carbonyl (C=O) groups is 1. The van der Waals surface area contributed by atoms with E-state index >= 15 is 0 Å². The zero-order valence-corrected chi connectivity index (χ0v) is 13.8. The van der Waals surface area contributed by atoms with E-state index in [9.17, 15) is 9.90 Å². The summed E-state index contributed by atoms with van der Waals surface area (Å²) in [4.78, 5) is 19.8. The molecule has 5 nitrogen and oxygen atoms in total. The average molecular weight is 299 g/mol. The fourth-order valence-corrected chi connectivity index (χ4v) is 2.96. The first-order valence-electron chi connectivity index (χ1n) is 6.94. The molecule has 1 amide bonds. The van der Waals surface area contributed by atoms with Crippen LogP contribution >= 0.6 is 11.3 Å². The van der Waals surface area contributed by atoms with E-state index in [1.165, 1.54) is 11.3 Å². The Morgan fingerprint density at radius 2 is 2.05 bits per heavy atom. The molecule has 0 aliphatic carbocycles. The lowest BCUT2D eigenvalue weighted by molar-refractivity contribution is -0.116. The van der Waals surface area contributed by atoms with Crippen molar-refractivity contribution in [2.75, 3.05) is 24.5 Å². The molecule has 20 heavy (non-hydrogen) atoms. The van der Waals surface area contributed by atoms with Gasteiger partial charge in [0.15, 0.2) is 5.13 Å². The van der Waals surface area contributed by atoms with Crippen LogP contribution in [0, 0.1) is 0 Å². The van der Waals surface area contributed by atoms with Gasteiger partial charge in [-0.05, 0) is 27.3 Å². The molecule has 0 saturated carbocycles. The third-order valence-corrected chi connectivity index (χ3v) is 3.82. The van der Waals surface area contributed by atoms with Crippen LogP contribution in [0.15, 0.2) is 5.38 Å². The van der Waals surface area contributed by atoms with E-state index in [1.54, 1.807) is 25.7 Å². The summed E-state index contributed by atoms with van der Waals surface area (Å²) in [5.41, 5.74) is 0.222. The molecule has 0 aliphatic rings. The fraction of sp³-hybridized carbons (Fsp3) is 0.714. The summed E-state index contributed by atoms with van der Waals surface area (Å²) in [6.07, 6.45) is 0. The van der Waals surface area contributed by atoms with E-state index in [4.69, 9.17) is 0 Å². The number of nitrogens with zero attached hydrogens (tertiary/aromatic N) is 3. The van der Waals surface area contributed by atoms with Gasteiger partial charge in [0.05, 0.1) is 11.3 Å². The van der Waals surface area contributed by atoms with E-state index in [1.807, 2.05) is 12.3 Å². The number of hydrogen-bond donors (Lipinski definition) is 1. The van der Waals surface area contributed by atoms with E-state index in [0.717, 1.165) is 17.4 Å². The van der Waals surface area contributed by atoms with Crippen molar-refractivity contribution in [2.24, 2.45) is 0 Å². The quantitative estimate of drug-likeness (QED) is 0.838. The maximum atomic E-state index is 11.5. The maximum Gasteiger partial charge on any atom is 0.225 e. The number of hydrogen-bond acceptors (Lipinski definition) is 5. The van der Waals surface area contributed by atoms with Crippen molar-refractivity contribution < 1.29 is 9.90 Å². The van der Waals surface area contributed by atoms with Gasteiger partial charge in [0.2, 0.25) is 5.91 Å². The second-order valence-electron chi connectivity index (χ2n) is 5.50. The van der Waals surface area contributed by atoms with Gasteiger partial charge in [0.1, 0.15) is 0 Å². The van der Waals surface area contributed by atoms with Gasteiger partial charge in [0, 0.05) is 31.9 Å². The van der Waals surface area contributed by atoms with E-state index in [-0.39, 0.29) is 5.91 Å². The molecule has 0 fully saturated rings. The standard InChI is InChI=1S/C14H25N3O2S/c1-6-16(10-14(4,5)19)8-12-9-20-13(15-12)17(7-2)11(3)18/h9,19H,6-8,10H2,1-5H3. The van der Waals surface area contributed by atoms with Crippen LogP contribution in [-0.4, -0.2) is 46.1 Å². The van der Waals surface area contributed by atoms with Crippen LogP contribution in [-0.2, 0) is 11.3 Å². The molecule has 6 heteroatoms. The second-order valence-corrected chi connectivity index (χ2v) is 6.34. The summed E-state index contributed by atoms with van der Waals surface area (Å²) in [7, 11) is 0. The number of anilines is 1.